The number of carbonyl (C=O) groups excluding carboxylic acids is 1. The molecule has 0 aliphatic heterocycles. The van der Waals surface area contributed by atoms with Crippen LogP contribution in [0.25, 0.3) is 10.2 Å². The van der Waals surface area contributed by atoms with E-state index < -0.39 is 5.69 Å². The third-order valence-corrected chi connectivity index (χ3v) is 6.18. The molecule has 152 valence electrons. The van der Waals surface area contributed by atoms with Gasteiger partial charge in [-0.3, -0.25) is 18.7 Å². The number of hydrogen-bond acceptors (Lipinski definition) is 4. The van der Waals surface area contributed by atoms with Gasteiger partial charge >= 0.3 is 5.69 Å². The highest BCUT2D eigenvalue weighted by Crippen LogP contribution is 2.16. The van der Waals surface area contributed by atoms with E-state index >= 15 is 0 Å². The van der Waals surface area contributed by atoms with Crippen LogP contribution in [0.3, 0.4) is 0 Å². The lowest BCUT2D eigenvalue weighted by atomic mass is 10.1. The molecule has 0 amide bonds. The Kier molecular flexibility index (Phi) is 5.77. The number of hydrogen-bond donors (Lipinski definition) is 0. The minimum Gasteiger partial charge on any atom is -0.292 e. The molecule has 0 saturated heterocycles. The van der Waals surface area contributed by atoms with E-state index in [2.05, 4.69) is 6.92 Å². The number of thiophene rings is 1. The Morgan fingerprint density at radius 3 is 2.33 bits per heavy atom. The van der Waals surface area contributed by atoms with Gasteiger partial charge in [-0.25, -0.2) is 4.79 Å². The molecule has 0 aliphatic carbocycles. The molecule has 30 heavy (non-hydrogen) atoms. The van der Waals surface area contributed by atoms with Gasteiger partial charge < -0.3 is 0 Å². The van der Waals surface area contributed by atoms with E-state index in [0.29, 0.717) is 22.2 Å². The summed E-state index contributed by atoms with van der Waals surface area (Å²) in [4.78, 5) is 38.9. The van der Waals surface area contributed by atoms with Gasteiger partial charge in [0, 0.05) is 12.1 Å². The summed E-state index contributed by atoms with van der Waals surface area (Å²) in [5.74, 6) is -0.152. The first-order valence-electron chi connectivity index (χ1n) is 9.95. The van der Waals surface area contributed by atoms with Crippen LogP contribution in [0.15, 0.2) is 75.6 Å². The van der Waals surface area contributed by atoms with Gasteiger partial charge in [-0.05, 0) is 35.4 Å². The van der Waals surface area contributed by atoms with Crippen LogP contribution in [0.4, 0.5) is 0 Å². The zero-order chi connectivity index (χ0) is 21.1. The number of ketones is 1. The molecule has 0 N–H and O–H groups in total. The van der Waals surface area contributed by atoms with E-state index in [0.717, 1.165) is 17.5 Å². The fourth-order valence-corrected chi connectivity index (χ4v) is 4.37. The minimum absolute atomic E-state index is 0.0941. The molecule has 0 atom stereocenters. The second-order valence-corrected chi connectivity index (χ2v) is 8.09. The Balaban J connectivity index is 1.70. The molecule has 6 heteroatoms. The summed E-state index contributed by atoms with van der Waals surface area (Å²) < 4.78 is 3.17. The van der Waals surface area contributed by atoms with Gasteiger partial charge in [0.25, 0.3) is 5.56 Å². The molecular formula is C24H22N2O3S. The van der Waals surface area contributed by atoms with Crippen molar-refractivity contribution in [3.05, 3.63) is 104 Å². The van der Waals surface area contributed by atoms with Crippen LogP contribution in [0.1, 0.15) is 28.4 Å². The van der Waals surface area contributed by atoms with Gasteiger partial charge in [0.15, 0.2) is 5.78 Å². The topological polar surface area (TPSA) is 61.1 Å². The van der Waals surface area contributed by atoms with Crippen molar-refractivity contribution < 1.29 is 4.79 Å². The van der Waals surface area contributed by atoms with Gasteiger partial charge in [0.2, 0.25) is 0 Å². The molecule has 0 saturated carbocycles. The molecule has 4 aromatic rings. The smallest absolute Gasteiger partial charge is 0.292 e. The number of rotatable bonds is 7. The summed E-state index contributed by atoms with van der Waals surface area (Å²) in [5, 5.41) is 1.78. The fourth-order valence-electron chi connectivity index (χ4n) is 3.53. The average Bonchev–Trinajstić information content (AvgIpc) is 3.27. The van der Waals surface area contributed by atoms with E-state index in [1.165, 1.54) is 20.5 Å². The Hall–Kier alpha value is -3.25. The average molecular weight is 419 g/mol. The first kappa shape index (κ1) is 20.0. The van der Waals surface area contributed by atoms with E-state index in [-0.39, 0.29) is 24.4 Å². The maximum absolute atomic E-state index is 13.2. The molecule has 0 unspecified atom stereocenters. The van der Waals surface area contributed by atoms with Crippen molar-refractivity contribution >= 4 is 27.3 Å². The maximum atomic E-state index is 13.2. The highest BCUT2D eigenvalue weighted by molar-refractivity contribution is 7.17. The van der Waals surface area contributed by atoms with Crippen molar-refractivity contribution in [2.24, 2.45) is 0 Å². The van der Waals surface area contributed by atoms with Crippen LogP contribution >= 0.6 is 11.3 Å². The van der Waals surface area contributed by atoms with Crippen LogP contribution in [0.5, 0.6) is 0 Å². The number of carbonyl (C=O) groups is 1. The van der Waals surface area contributed by atoms with Crippen LogP contribution in [-0.2, 0) is 25.9 Å². The Morgan fingerprint density at radius 2 is 1.63 bits per heavy atom. The Bertz CT molecular complexity index is 1300. The summed E-state index contributed by atoms with van der Waals surface area (Å²) in [6, 6.07) is 18.9. The number of aromatic nitrogens is 2. The van der Waals surface area contributed by atoms with Gasteiger partial charge in [0.1, 0.15) is 4.70 Å². The Labute approximate surface area is 177 Å². The fraction of sp³-hybridized carbons (Fsp3) is 0.208. The van der Waals surface area contributed by atoms with Gasteiger partial charge in [0.05, 0.1) is 12.1 Å². The van der Waals surface area contributed by atoms with Crippen LogP contribution in [0, 0.1) is 0 Å². The van der Waals surface area contributed by atoms with Crippen LogP contribution < -0.4 is 11.2 Å². The van der Waals surface area contributed by atoms with E-state index in [9.17, 15) is 14.4 Å². The highest BCUT2D eigenvalue weighted by Gasteiger charge is 2.17. The first-order chi connectivity index (χ1) is 14.6. The molecule has 2 heterocycles. The number of aryl methyl sites for hydroxylation is 2. The van der Waals surface area contributed by atoms with E-state index in [1.807, 2.05) is 42.5 Å². The molecule has 2 aromatic carbocycles. The quantitative estimate of drug-likeness (QED) is 0.428. The second kappa shape index (κ2) is 8.63. The van der Waals surface area contributed by atoms with Gasteiger partial charge in [-0.15, -0.1) is 11.3 Å². The lowest BCUT2D eigenvalue weighted by Gasteiger charge is -2.12. The van der Waals surface area contributed by atoms with Crippen molar-refractivity contribution in [2.45, 2.75) is 32.9 Å². The summed E-state index contributed by atoms with van der Waals surface area (Å²) in [7, 11) is 0. The zero-order valence-electron chi connectivity index (χ0n) is 16.7. The predicted molar refractivity (Wildman–Crippen MR) is 121 cm³/mol. The second-order valence-electron chi connectivity index (χ2n) is 7.17. The highest BCUT2D eigenvalue weighted by atomic mass is 32.1. The van der Waals surface area contributed by atoms with Crippen LogP contribution in [0.2, 0.25) is 0 Å². The lowest BCUT2D eigenvalue weighted by Crippen LogP contribution is -2.41. The predicted octanol–water partition coefficient (Wildman–Crippen LogP) is 3.91. The molecule has 2 aromatic heterocycles. The minimum atomic E-state index is -0.444. The van der Waals surface area contributed by atoms with E-state index in [4.69, 9.17) is 0 Å². The van der Waals surface area contributed by atoms with Crippen molar-refractivity contribution in [2.75, 3.05) is 0 Å². The number of benzene rings is 2. The standard InChI is InChI=1S/C24H22N2O3S/c1-2-17-8-10-19(11-9-17)21(27)16-26-20-13-15-30-22(20)23(28)25(24(26)29)14-12-18-6-4-3-5-7-18/h3-11,13,15H,2,12,14,16H2,1H3. The van der Waals surface area contributed by atoms with Crippen molar-refractivity contribution in [1.29, 1.82) is 0 Å². The monoisotopic (exact) mass is 418 g/mol. The molecular weight excluding hydrogens is 396 g/mol. The third kappa shape index (κ3) is 3.91. The summed E-state index contributed by atoms with van der Waals surface area (Å²) >= 11 is 1.30. The molecule has 0 aliphatic rings. The molecule has 0 spiro atoms. The lowest BCUT2D eigenvalue weighted by molar-refractivity contribution is 0.0971. The molecule has 5 nitrogen and oxygen atoms in total. The van der Waals surface area contributed by atoms with Gasteiger partial charge in [-0.2, -0.15) is 0 Å². The molecule has 4 rings (SSSR count). The zero-order valence-corrected chi connectivity index (χ0v) is 17.5. The van der Waals surface area contributed by atoms with Crippen molar-refractivity contribution in [1.82, 2.24) is 9.13 Å². The first-order valence-corrected chi connectivity index (χ1v) is 10.8. The number of nitrogens with zero attached hydrogens (tertiary/aromatic N) is 2. The Morgan fingerprint density at radius 1 is 0.900 bits per heavy atom. The summed E-state index contributed by atoms with van der Waals surface area (Å²) in [5.41, 5.74) is 2.54. The van der Waals surface area contributed by atoms with Crippen molar-refractivity contribution in [3.63, 3.8) is 0 Å². The molecule has 0 fully saturated rings. The largest absolute Gasteiger partial charge is 0.331 e. The number of fused-ring (bicyclic) bond motifs is 1. The summed E-state index contributed by atoms with van der Waals surface area (Å²) in [6.45, 7) is 2.24. The maximum Gasteiger partial charge on any atom is 0.331 e. The molecule has 0 radical (unpaired) electrons. The molecule has 0 bridgehead atoms. The third-order valence-electron chi connectivity index (χ3n) is 5.29. The van der Waals surface area contributed by atoms with Gasteiger partial charge in [-0.1, -0.05) is 61.5 Å². The van der Waals surface area contributed by atoms with Crippen LogP contribution in [-0.4, -0.2) is 14.9 Å². The summed E-state index contributed by atoms with van der Waals surface area (Å²) in [6.07, 6.45) is 1.47. The number of Topliss-reactive ketones (excluding diaryl/α,β-unsaturated/α-hetero) is 1. The van der Waals surface area contributed by atoms with E-state index in [1.54, 1.807) is 23.6 Å². The normalized spacial score (nSPS) is 11.1. The SMILES string of the molecule is CCc1ccc(C(=O)Cn2c(=O)n(CCc3ccccc3)c(=O)c3sccc32)cc1. The van der Waals surface area contributed by atoms with Crippen molar-refractivity contribution in [3.8, 4) is 0 Å².